The van der Waals surface area contributed by atoms with Crippen molar-refractivity contribution in [3.05, 3.63) is 60.7 Å². The van der Waals surface area contributed by atoms with E-state index in [0.29, 0.717) is 12.0 Å². The number of rotatable bonds is 4. The third kappa shape index (κ3) is 14.1. The summed E-state index contributed by atoms with van der Waals surface area (Å²) in [6, 6.07) is 8.88. The zero-order valence-corrected chi connectivity index (χ0v) is 13.9. The number of benzene rings is 1. The number of esters is 2. The third-order valence-corrected chi connectivity index (χ3v) is 2.17. The molecule has 0 heterocycles. The quantitative estimate of drug-likeness (QED) is 0.618. The first-order chi connectivity index (χ1) is 10.6. The van der Waals surface area contributed by atoms with Crippen molar-refractivity contribution in [1.29, 1.82) is 0 Å². The molecular formula is C18H26O4. The lowest BCUT2D eigenvalue weighted by atomic mass is 10.2. The van der Waals surface area contributed by atoms with Crippen LogP contribution in [0.3, 0.4) is 0 Å². The Kier molecular flexibility index (Phi) is 16.6. The monoisotopic (exact) mass is 306 g/mol. The van der Waals surface area contributed by atoms with Gasteiger partial charge in [-0.3, -0.25) is 4.79 Å². The van der Waals surface area contributed by atoms with Crippen LogP contribution in [0.1, 0.15) is 37.0 Å². The van der Waals surface area contributed by atoms with E-state index < -0.39 is 0 Å². The van der Waals surface area contributed by atoms with E-state index in [2.05, 4.69) is 16.1 Å². The fourth-order valence-electron chi connectivity index (χ4n) is 1.16. The molecule has 122 valence electrons. The molecule has 4 nitrogen and oxygen atoms in total. The van der Waals surface area contributed by atoms with Crippen LogP contribution in [0.2, 0.25) is 0 Å². The normalized spacial score (nSPS) is 8.73. The van der Waals surface area contributed by atoms with Gasteiger partial charge in [-0.25, -0.2) is 4.79 Å². The summed E-state index contributed by atoms with van der Waals surface area (Å²) in [5.74, 6) is -0.436. The van der Waals surface area contributed by atoms with Crippen LogP contribution in [-0.2, 0) is 14.3 Å². The molecule has 1 rings (SSSR count). The van der Waals surface area contributed by atoms with Crippen molar-refractivity contribution in [2.75, 3.05) is 14.2 Å². The van der Waals surface area contributed by atoms with Gasteiger partial charge in [-0.05, 0) is 32.4 Å². The lowest BCUT2D eigenvalue weighted by Crippen LogP contribution is -1.99. The average Bonchev–Trinajstić information content (AvgIpc) is 2.56. The minimum atomic E-state index is -0.291. The fourth-order valence-corrected chi connectivity index (χ4v) is 1.16. The van der Waals surface area contributed by atoms with Crippen LogP contribution in [0.15, 0.2) is 55.1 Å². The predicted octanol–water partition coefficient (Wildman–Crippen LogP) is 4.18. The van der Waals surface area contributed by atoms with Gasteiger partial charge >= 0.3 is 11.9 Å². The molecule has 0 fully saturated rings. The second kappa shape index (κ2) is 16.7. The first kappa shape index (κ1) is 21.9. The first-order valence-electron chi connectivity index (χ1n) is 6.95. The smallest absolute Gasteiger partial charge is 0.337 e. The summed E-state index contributed by atoms with van der Waals surface area (Å²) in [7, 11) is 2.77. The van der Waals surface area contributed by atoms with Gasteiger partial charge in [-0.15, -0.1) is 6.58 Å². The molecule has 4 heteroatoms. The largest absolute Gasteiger partial charge is 0.469 e. The lowest BCUT2D eigenvalue weighted by Gasteiger charge is -1.95. The Bertz CT molecular complexity index is 436. The van der Waals surface area contributed by atoms with Crippen LogP contribution >= 0.6 is 0 Å². The van der Waals surface area contributed by atoms with Gasteiger partial charge in [0.15, 0.2) is 0 Å². The lowest BCUT2D eigenvalue weighted by molar-refractivity contribution is -0.140. The number of carbonyl (C=O) groups is 2. The molecular weight excluding hydrogens is 280 g/mol. The number of hydrogen-bond acceptors (Lipinski definition) is 4. The zero-order valence-electron chi connectivity index (χ0n) is 13.9. The molecule has 0 bridgehead atoms. The van der Waals surface area contributed by atoms with Gasteiger partial charge in [0.1, 0.15) is 0 Å². The molecule has 0 unspecified atom stereocenters. The van der Waals surface area contributed by atoms with E-state index in [1.807, 2.05) is 32.1 Å². The highest BCUT2D eigenvalue weighted by molar-refractivity contribution is 5.89. The van der Waals surface area contributed by atoms with Gasteiger partial charge < -0.3 is 9.47 Å². The molecule has 1 aromatic carbocycles. The molecule has 0 spiro atoms. The molecule has 0 amide bonds. The maximum atomic E-state index is 10.8. The van der Waals surface area contributed by atoms with Crippen molar-refractivity contribution >= 4 is 11.9 Å². The molecule has 0 aliphatic carbocycles. The van der Waals surface area contributed by atoms with Crippen LogP contribution in [-0.4, -0.2) is 26.2 Å². The molecule has 0 saturated carbocycles. The summed E-state index contributed by atoms with van der Waals surface area (Å²) < 4.78 is 8.92. The van der Waals surface area contributed by atoms with Gasteiger partial charge in [0, 0.05) is 6.42 Å². The zero-order chi connectivity index (χ0) is 17.2. The summed E-state index contributed by atoms with van der Waals surface area (Å²) in [5.41, 5.74) is 0.588. The molecule has 0 aliphatic heterocycles. The Hall–Kier alpha value is -2.36. The summed E-state index contributed by atoms with van der Waals surface area (Å²) in [6.07, 6.45) is 6.88. The maximum Gasteiger partial charge on any atom is 0.337 e. The van der Waals surface area contributed by atoms with Crippen LogP contribution in [0, 0.1) is 0 Å². The summed E-state index contributed by atoms with van der Waals surface area (Å²) >= 11 is 0. The first-order valence-corrected chi connectivity index (χ1v) is 6.95. The SMILES string of the molecule is C=CC.CC=CCCC(=O)OC.COC(=O)c1ccccc1. The molecule has 1 aromatic rings. The molecule has 22 heavy (non-hydrogen) atoms. The number of ether oxygens (including phenoxy) is 2. The minimum Gasteiger partial charge on any atom is -0.469 e. The molecule has 0 atom stereocenters. The number of allylic oxidation sites excluding steroid dienone is 3. The van der Waals surface area contributed by atoms with E-state index in [9.17, 15) is 9.59 Å². The minimum absolute atomic E-state index is 0.145. The molecule has 0 saturated heterocycles. The Morgan fingerprint density at radius 3 is 2.05 bits per heavy atom. The molecule has 0 radical (unpaired) electrons. The Morgan fingerprint density at radius 1 is 1.09 bits per heavy atom. The highest BCUT2D eigenvalue weighted by Gasteiger charge is 2.00. The average molecular weight is 306 g/mol. The van der Waals surface area contributed by atoms with Crippen LogP contribution in [0.4, 0.5) is 0 Å². The van der Waals surface area contributed by atoms with Crippen LogP contribution < -0.4 is 0 Å². The number of hydrogen-bond donors (Lipinski definition) is 0. The standard InChI is InChI=1S/C8H8O2.C7H12O2.C3H6/c1-10-8(9)7-5-3-2-4-6-7;1-3-4-5-6-7(8)9-2;1-3-2/h2-6H,1H3;3-4H,5-6H2,1-2H3;3H,1H2,2H3. The fraction of sp³-hybridized carbons (Fsp3) is 0.333. The van der Waals surface area contributed by atoms with Gasteiger partial charge in [0.25, 0.3) is 0 Å². The summed E-state index contributed by atoms with van der Waals surface area (Å²) in [4.78, 5) is 21.2. The summed E-state index contributed by atoms with van der Waals surface area (Å²) in [6.45, 7) is 7.18. The van der Waals surface area contributed by atoms with Crippen molar-refractivity contribution in [3.63, 3.8) is 0 Å². The van der Waals surface area contributed by atoms with Gasteiger partial charge in [-0.1, -0.05) is 36.4 Å². The predicted molar refractivity (Wildman–Crippen MR) is 89.7 cm³/mol. The van der Waals surface area contributed by atoms with E-state index in [0.717, 1.165) is 6.42 Å². The second-order valence-electron chi connectivity index (χ2n) is 3.95. The van der Waals surface area contributed by atoms with Gasteiger partial charge in [0.05, 0.1) is 19.8 Å². The van der Waals surface area contributed by atoms with Crippen LogP contribution in [0.5, 0.6) is 0 Å². The molecule has 0 aromatic heterocycles. The highest BCUT2D eigenvalue weighted by Crippen LogP contribution is 1.98. The van der Waals surface area contributed by atoms with Gasteiger partial charge in [0.2, 0.25) is 0 Å². The van der Waals surface area contributed by atoms with Crippen molar-refractivity contribution < 1.29 is 19.1 Å². The maximum absolute atomic E-state index is 10.8. The van der Waals surface area contributed by atoms with Crippen molar-refractivity contribution in [3.8, 4) is 0 Å². The van der Waals surface area contributed by atoms with E-state index in [1.54, 1.807) is 30.3 Å². The molecule has 0 N–H and O–H groups in total. The van der Waals surface area contributed by atoms with Crippen molar-refractivity contribution in [2.24, 2.45) is 0 Å². The topological polar surface area (TPSA) is 52.6 Å². The third-order valence-electron chi connectivity index (χ3n) is 2.17. The number of methoxy groups -OCH3 is 2. The number of carbonyl (C=O) groups excluding carboxylic acids is 2. The second-order valence-corrected chi connectivity index (χ2v) is 3.95. The van der Waals surface area contributed by atoms with Crippen molar-refractivity contribution in [1.82, 2.24) is 0 Å². The van der Waals surface area contributed by atoms with E-state index >= 15 is 0 Å². The van der Waals surface area contributed by atoms with Crippen LogP contribution in [0.25, 0.3) is 0 Å². The highest BCUT2D eigenvalue weighted by atomic mass is 16.5. The van der Waals surface area contributed by atoms with E-state index in [1.165, 1.54) is 14.2 Å². The Morgan fingerprint density at radius 2 is 1.64 bits per heavy atom. The summed E-state index contributed by atoms with van der Waals surface area (Å²) in [5, 5.41) is 0. The van der Waals surface area contributed by atoms with E-state index in [4.69, 9.17) is 0 Å². The van der Waals surface area contributed by atoms with E-state index in [-0.39, 0.29) is 11.9 Å². The Balaban J connectivity index is 0. The van der Waals surface area contributed by atoms with Gasteiger partial charge in [-0.2, -0.15) is 0 Å². The Labute approximate surface area is 133 Å². The van der Waals surface area contributed by atoms with Crippen molar-refractivity contribution in [2.45, 2.75) is 26.7 Å². The molecule has 0 aliphatic rings.